The summed E-state index contributed by atoms with van der Waals surface area (Å²) < 4.78 is 14.0. The van der Waals surface area contributed by atoms with Gasteiger partial charge in [-0.15, -0.1) is 0 Å². The molecule has 2 rings (SSSR count). The molecule has 1 atom stereocenters. The number of nitrogens with two attached hydrogens (primary N) is 1. The van der Waals surface area contributed by atoms with Crippen LogP contribution in [0.1, 0.15) is 5.56 Å². The number of rotatable bonds is 4. The molecule has 0 aliphatic carbocycles. The van der Waals surface area contributed by atoms with Crippen LogP contribution in [0.2, 0.25) is 5.02 Å². The van der Waals surface area contributed by atoms with E-state index in [-0.39, 0.29) is 9.60 Å². The second-order valence-electron chi connectivity index (χ2n) is 4.00. The number of aryl methyl sites for hydroxylation is 1. The highest BCUT2D eigenvalue weighted by atomic mass is 35.5. The Hall–Kier alpha value is -1.24. The topological polar surface area (TPSA) is 55.6 Å². The fourth-order valence-corrected chi connectivity index (χ4v) is 3.31. The van der Waals surface area contributed by atoms with Crippen molar-refractivity contribution in [3.05, 3.63) is 39.1 Å². The van der Waals surface area contributed by atoms with Gasteiger partial charge in [-0.1, -0.05) is 26.3 Å². The quantitative estimate of drug-likeness (QED) is 0.685. The summed E-state index contributed by atoms with van der Waals surface area (Å²) in [6.07, 6.45) is 1.58. The smallest absolute Gasteiger partial charge is 0.255 e. The molecule has 1 aliphatic rings. The van der Waals surface area contributed by atoms with Crippen LogP contribution in [0.4, 0.5) is 4.48 Å². The Kier molecular flexibility index (Phi) is 3.27. The Morgan fingerprint density at radius 2 is 2.22 bits per heavy atom. The van der Waals surface area contributed by atoms with Crippen LogP contribution < -0.4 is 10.6 Å². The molecule has 0 radical (unpaired) electrons. The number of halogens is 2. The maximum Gasteiger partial charge on any atom is 0.255 e. The van der Waals surface area contributed by atoms with Crippen LogP contribution >= 0.6 is 21.8 Å². The molecule has 4 nitrogen and oxygen atoms in total. The first-order chi connectivity index (χ1) is 8.34. The standard InChI is InChI=1S/C11H12ClFN2O2S/c1-7-5-8(3-4-9(7)12)17-15(13)18(2)6-10(18)11(14)16/h3-6H,1-2H3,(H2,14,16). The molecule has 1 unspecified atom stereocenters. The van der Waals surface area contributed by atoms with Crippen molar-refractivity contribution >= 4 is 27.7 Å². The largest absolute Gasteiger partial charge is 0.367 e. The molecule has 2 N–H and O–H groups in total. The third kappa shape index (κ3) is 2.31. The van der Waals surface area contributed by atoms with Gasteiger partial charge in [-0.2, -0.15) is 0 Å². The van der Waals surface area contributed by atoms with Gasteiger partial charge in [-0.3, -0.25) is 4.79 Å². The number of amides is 1. The lowest BCUT2D eigenvalue weighted by Gasteiger charge is -2.23. The molecular weight excluding hydrogens is 279 g/mol. The van der Waals surface area contributed by atoms with E-state index < -0.39 is 16.1 Å². The van der Waals surface area contributed by atoms with Gasteiger partial charge < -0.3 is 10.6 Å². The number of carbonyl (C=O) groups excluding carboxylic acids is 1. The molecular formula is C11H12ClFN2O2S. The molecule has 0 fully saturated rings. The first-order valence-corrected chi connectivity index (χ1v) is 7.48. The van der Waals surface area contributed by atoms with Gasteiger partial charge in [0.05, 0.1) is 9.60 Å². The van der Waals surface area contributed by atoms with E-state index >= 15 is 0 Å². The van der Waals surface area contributed by atoms with E-state index in [0.29, 0.717) is 10.8 Å². The highest BCUT2D eigenvalue weighted by molar-refractivity contribution is 8.42. The zero-order valence-electron chi connectivity index (χ0n) is 9.81. The van der Waals surface area contributed by atoms with Crippen molar-refractivity contribution in [2.45, 2.75) is 6.92 Å². The SMILES string of the molecule is Cc1cc(ON(F)S2(C)C=C2C(N)=O)ccc1Cl. The van der Waals surface area contributed by atoms with E-state index in [1.54, 1.807) is 31.4 Å². The molecule has 0 saturated heterocycles. The van der Waals surface area contributed by atoms with E-state index in [1.807, 2.05) is 0 Å². The average Bonchev–Trinajstić information content (AvgIpc) is 2.98. The molecule has 18 heavy (non-hydrogen) atoms. The first kappa shape index (κ1) is 13.2. The van der Waals surface area contributed by atoms with E-state index in [9.17, 15) is 9.28 Å². The summed E-state index contributed by atoms with van der Waals surface area (Å²) >= 11 is 5.86. The Balaban J connectivity index is 2.07. The van der Waals surface area contributed by atoms with Crippen LogP contribution in [0.5, 0.6) is 5.75 Å². The number of hydrogen-bond acceptors (Lipinski definition) is 3. The molecule has 1 aromatic rings. The Labute approximate surface area is 110 Å². The Morgan fingerprint density at radius 3 is 2.72 bits per heavy atom. The maximum atomic E-state index is 13.9. The third-order valence-corrected chi connectivity index (χ3v) is 5.32. The van der Waals surface area contributed by atoms with Gasteiger partial charge in [-0.05, 0) is 42.4 Å². The van der Waals surface area contributed by atoms with Gasteiger partial charge in [0.15, 0.2) is 5.75 Å². The van der Waals surface area contributed by atoms with E-state index in [0.717, 1.165) is 5.56 Å². The lowest BCUT2D eigenvalue weighted by molar-refractivity contribution is -0.116. The molecule has 1 aliphatic heterocycles. The Morgan fingerprint density at radius 1 is 1.56 bits per heavy atom. The summed E-state index contributed by atoms with van der Waals surface area (Å²) in [7, 11) is -2.09. The fourth-order valence-electron chi connectivity index (χ4n) is 1.40. The minimum absolute atomic E-state index is 0.190. The summed E-state index contributed by atoms with van der Waals surface area (Å²) in [5, 5.41) is 2.06. The summed E-state index contributed by atoms with van der Waals surface area (Å²) in [5.41, 5.74) is 5.88. The highest BCUT2D eigenvalue weighted by Gasteiger charge is 2.46. The van der Waals surface area contributed by atoms with Crippen LogP contribution in [0.15, 0.2) is 28.5 Å². The van der Waals surface area contributed by atoms with Crippen LogP contribution in [0.3, 0.4) is 0 Å². The number of carbonyl (C=O) groups is 1. The Bertz CT molecular complexity index is 552. The molecule has 1 heterocycles. The predicted molar refractivity (Wildman–Crippen MR) is 70.6 cm³/mol. The maximum absolute atomic E-state index is 13.9. The van der Waals surface area contributed by atoms with Crippen LogP contribution in [-0.2, 0) is 4.79 Å². The second kappa shape index (κ2) is 4.46. The molecule has 0 bridgehead atoms. The average molecular weight is 291 g/mol. The summed E-state index contributed by atoms with van der Waals surface area (Å²) in [6, 6.07) is 4.79. The lowest BCUT2D eigenvalue weighted by Crippen LogP contribution is -2.20. The normalized spacial score (nSPS) is 25.3. The van der Waals surface area contributed by atoms with Crippen molar-refractivity contribution in [1.29, 1.82) is 0 Å². The van der Waals surface area contributed by atoms with Crippen molar-refractivity contribution in [3.63, 3.8) is 0 Å². The minimum atomic E-state index is -2.09. The number of nitrogens with zero attached hydrogens (tertiary/aromatic N) is 1. The lowest BCUT2D eigenvalue weighted by atomic mass is 10.2. The molecule has 7 heteroatoms. The molecule has 98 valence electrons. The summed E-state index contributed by atoms with van der Waals surface area (Å²) in [4.78, 5) is 16.3. The zero-order valence-corrected chi connectivity index (χ0v) is 11.4. The first-order valence-electron chi connectivity index (χ1n) is 5.04. The van der Waals surface area contributed by atoms with Gasteiger partial charge in [0, 0.05) is 5.02 Å². The van der Waals surface area contributed by atoms with Gasteiger partial charge in [0.25, 0.3) is 5.91 Å². The summed E-state index contributed by atoms with van der Waals surface area (Å²) in [5.74, 6) is -0.303. The zero-order chi connectivity index (χ0) is 13.5. The highest BCUT2D eigenvalue weighted by Crippen LogP contribution is 2.70. The van der Waals surface area contributed by atoms with Crippen molar-refractivity contribution in [2.24, 2.45) is 5.73 Å². The molecule has 1 amide bonds. The van der Waals surface area contributed by atoms with Gasteiger partial charge >= 0.3 is 0 Å². The van der Waals surface area contributed by atoms with Crippen molar-refractivity contribution in [3.8, 4) is 5.75 Å². The predicted octanol–water partition coefficient (Wildman–Crippen LogP) is 2.82. The van der Waals surface area contributed by atoms with Gasteiger partial charge in [-0.25, -0.2) is 0 Å². The second-order valence-corrected chi connectivity index (χ2v) is 7.24. The van der Waals surface area contributed by atoms with Crippen molar-refractivity contribution < 1.29 is 14.1 Å². The van der Waals surface area contributed by atoms with E-state index in [1.165, 1.54) is 5.41 Å². The molecule has 1 aromatic carbocycles. The van der Waals surface area contributed by atoms with Gasteiger partial charge in [0.2, 0.25) is 0 Å². The third-order valence-electron chi connectivity index (χ3n) is 2.57. The van der Waals surface area contributed by atoms with Crippen molar-refractivity contribution in [2.75, 3.05) is 6.26 Å². The summed E-state index contributed by atoms with van der Waals surface area (Å²) in [6.45, 7) is 1.79. The number of hydrogen-bond donors (Lipinski definition) is 1. The number of primary amides is 1. The molecule has 0 aromatic heterocycles. The molecule has 0 saturated carbocycles. The number of benzene rings is 1. The van der Waals surface area contributed by atoms with Crippen LogP contribution in [-0.4, -0.2) is 16.9 Å². The van der Waals surface area contributed by atoms with E-state index in [2.05, 4.69) is 0 Å². The van der Waals surface area contributed by atoms with Gasteiger partial charge in [0.1, 0.15) is 0 Å². The van der Waals surface area contributed by atoms with E-state index in [4.69, 9.17) is 22.2 Å². The fraction of sp³-hybridized carbons (Fsp3) is 0.182. The monoisotopic (exact) mass is 290 g/mol. The van der Waals surface area contributed by atoms with Crippen LogP contribution in [0, 0.1) is 6.92 Å². The van der Waals surface area contributed by atoms with Crippen molar-refractivity contribution in [1.82, 2.24) is 4.69 Å². The molecule has 0 spiro atoms. The van der Waals surface area contributed by atoms with Crippen LogP contribution in [0.25, 0.3) is 0 Å². The minimum Gasteiger partial charge on any atom is -0.367 e.